The van der Waals surface area contributed by atoms with E-state index in [-0.39, 0.29) is 5.82 Å². The largest absolute Gasteiger partial charge is 0.490 e. The van der Waals surface area contributed by atoms with Gasteiger partial charge in [0, 0.05) is 6.54 Å². The van der Waals surface area contributed by atoms with Crippen LogP contribution in [-0.2, 0) is 6.61 Å². The molecule has 0 spiro atoms. The summed E-state index contributed by atoms with van der Waals surface area (Å²) in [6, 6.07) is 9.87. The second kappa shape index (κ2) is 10.8. The first kappa shape index (κ1) is 21.1. The van der Waals surface area contributed by atoms with E-state index in [1.807, 2.05) is 26.0 Å². The van der Waals surface area contributed by atoms with E-state index in [0.717, 1.165) is 22.1 Å². The highest BCUT2D eigenvalue weighted by molar-refractivity contribution is 9.10. The van der Waals surface area contributed by atoms with Crippen LogP contribution in [0.15, 0.2) is 46.0 Å². The minimum absolute atomic E-state index is 0.277. The van der Waals surface area contributed by atoms with Gasteiger partial charge in [0.05, 0.1) is 17.3 Å². The molecule has 2 aromatic carbocycles. The summed E-state index contributed by atoms with van der Waals surface area (Å²) < 4.78 is 25.3. The maximum atomic E-state index is 13.0. The Hall–Kier alpha value is -2.19. The van der Waals surface area contributed by atoms with E-state index >= 15 is 0 Å². The molecule has 0 amide bonds. The fourth-order valence-electron chi connectivity index (χ4n) is 2.17. The molecule has 0 heterocycles. The van der Waals surface area contributed by atoms with Crippen molar-refractivity contribution in [1.82, 2.24) is 10.7 Å². The summed E-state index contributed by atoms with van der Waals surface area (Å²) in [6.07, 6.45) is 1.64. The maximum absolute atomic E-state index is 13.0. The Morgan fingerprint density at radius 2 is 1.96 bits per heavy atom. The van der Waals surface area contributed by atoms with Gasteiger partial charge in [0.15, 0.2) is 16.6 Å². The van der Waals surface area contributed by atoms with E-state index < -0.39 is 0 Å². The molecule has 2 aromatic rings. The number of ether oxygens (including phenoxy) is 2. The highest BCUT2D eigenvalue weighted by atomic mass is 79.9. The van der Waals surface area contributed by atoms with Crippen LogP contribution >= 0.6 is 28.1 Å². The second-order valence-electron chi connectivity index (χ2n) is 5.41. The van der Waals surface area contributed by atoms with Crippen molar-refractivity contribution in [3.05, 3.63) is 57.8 Å². The summed E-state index contributed by atoms with van der Waals surface area (Å²) in [5.74, 6) is 0.889. The van der Waals surface area contributed by atoms with Crippen molar-refractivity contribution in [2.45, 2.75) is 20.5 Å². The van der Waals surface area contributed by atoms with Crippen molar-refractivity contribution < 1.29 is 13.9 Å². The zero-order chi connectivity index (χ0) is 19.6. The minimum atomic E-state index is -0.277. The zero-order valence-corrected chi connectivity index (χ0v) is 17.5. The van der Waals surface area contributed by atoms with Crippen LogP contribution < -0.4 is 20.2 Å². The lowest BCUT2D eigenvalue weighted by atomic mass is 10.2. The smallest absolute Gasteiger partial charge is 0.186 e. The van der Waals surface area contributed by atoms with Crippen molar-refractivity contribution in [3.63, 3.8) is 0 Å². The number of benzene rings is 2. The van der Waals surface area contributed by atoms with Crippen molar-refractivity contribution in [2.75, 3.05) is 13.2 Å². The van der Waals surface area contributed by atoms with Gasteiger partial charge in [0.1, 0.15) is 12.4 Å². The van der Waals surface area contributed by atoms with E-state index in [9.17, 15) is 4.39 Å². The maximum Gasteiger partial charge on any atom is 0.186 e. The molecular formula is C19H21BrFN3O2S. The highest BCUT2D eigenvalue weighted by Gasteiger charge is 2.12. The van der Waals surface area contributed by atoms with Crippen LogP contribution in [0.3, 0.4) is 0 Å². The molecular weight excluding hydrogens is 433 g/mol. The molecule has 2 N–H and O–H groups in total. The number of nitrogens with zero attached hydrogens (tertiary/aromatic N) is 1. The van der Waals surface area contributed by atoms with Crippen molar-refractivity contribution >= 4 is 39.5 Å². The topological polar surface area (TPSA) is 54.9 Å². The van der Waals surface area contributed by atoms with E-state index in [1.165, 1.54) is 12.1 Å². The second-order valence-corrected chi connectivity index (χ2v) is 6.67. The molecule has 0 unspecified atom stereocenters. The Morgan fingerprint density at radius 1 is 1.22 bits per heavy atom. The average molecular weight is 454 g/mol. The molecule has 5 nitrogen and oxygen atoms in total. The van der Waals surface area contributed by atoms with E-state index in [2.05, 4.69) is 31.8 Å². The summed E-state index contributed by atoms with van der Waals surface area (Å²) in [6.45, 7) is 5.36. The van der Waals surface area contributed by atoms with Gasteiger partial charge in [0.25, 0.3) is 0 Å². The molecule has 0 aliphatic heterocycles. The molecule has 0 aromatic heterocycles. The number of thiocarbonyl (C=S) groups is 1. The minimum Gasteiger partial charge on any atom is -0.490 e. The number of hydrazone groups is 1. The Bertz CT molecular complexity index is 800. The monoisotopic (exact) mass is 453 g/mol. The zero-order valence-electron chi connectivity index (χ0n) is 15.1. The van der Waals surface area contributed by atoms with E-state index in [0.29, 0.717) is 29.8 Å². The Morgan fingerprint density at radius 3 is 2.63 bits per heavy atom. The number of halogens is 2. The van der Waals surface area contributed by atoms with Crippen LogP contribution in [0.25, 0.3) is 0 Å². The molecule has 144 valence electrons. The quantitative estimate of drug-likeness (QED) is 0.352. The van der Waals surface area contributed by atoms with Gasteiger partial charge < -0.3 is 14.8 Å². The fourth-order valence-corrected chi connectivity index (χ4v) is 2.94. The molecule has 8 heteroatoms. The summed E-state index contributed by atoms with van der Waals surface area (Å²) in [7, 11) is 0. The Labute approximate surface area is 172 Å². The summed E-state index contributed by atoms with van der Waals surface area (Å²) in [4.78, 5) is 0. The first-order chi connectivity index (χ1) is 13.0. The molecule has 0 radical (unpaired) electrons. The normalized spacial score (nSPS) is 10.7. The Kier molecular flexibility index (Phi) is 8.47. The van der Waals surface area contributed by atoms with Gasteiger partial charge in [-0.25, -0.2) is 4.39 Å². The van der Waals surface area contributed by atoms with Crippen LogP contribution in [-0.4, -0.2) is 24.5 Å². The van der Waals surface area contributed by atoms with Crippen molar-refractivity contribution in [3.8, 4) is 11.5 Å². The Balaban J connectivity index is 2.13. The molecule has 0 bridgehead atoms. The first-order valence-electron chi connectivity index (χ1n) is 8.44. The van der Waals surface area contributed by atoms with Crippen LogP contribution in [0, 0.1) is 5.82 Å². The van der Waals surface area contributed by atoms with Crippen LogP contribution in [0.1, 0.15) is 25.0 Å². The van der Waals surface area contributed by atoms with Gasteiger partial charge >= 0.3 is 0 Å². The summed E-state index contributed by atoms with van der Waals surface area (Å²) in [5.41, 5.74) is 4.41. The van der Waals surface area contributed by atoms with Gasteiger partial charge in [-0.05, 0) is 77.4 Å². The van der Waals surface area contributed by atoms with Crippen LogP contribution in [0.4, 0.5) is 4.39 Å². The van der Waals surface area contributed by atoms with Gasteiger partial charge in [-0.2, -0.15) is 5.10 Å². The number of hydrogen-bond donors (Lipinski definition) is 2. The molecule has 2 rings (SSSR count). The molecule has 0 aliphatic carbocycles. The number of nitrogens with one attached hydrogen (secondary N) is 2. The van der Waals surface area contributed by atoms with Gasteiger partial charge in [-0.1, -0.05) is 12.1 Å². The summed E-state index contributed by atoms with van der Waals surface area (Å²) in [5, 5.41) is 7.51. The van der Waals surface area contributed by atoms with E-state index in [1.54, 1.807) is 18.3 Å². The van der Waals surface area contributed by atoms with Crippen LogP contribution in [0.5, 0.6) is 11.5 Å². The standard InChI is InChI=1S/C19H21BrFN3O2S/c1-3-22-19(27)24-23-11-14-9-16(20)18(17(10-14)25-4-2)26-12-13-5-7-15(21)8-6-13/h5-11H,3-4,12H2,1-2H3,(H2,22,24,27)/b23-11-. The third-order valence-electron chi connectivity index (χ3n) is 3.35. The molecule has 0 atom stereocenters. The predicted octanol–water partition coefficient (Wildman–Crippen LogP) is 4.38. The lowest BCUT2D eigenvalue weighted by Crippen LogP contribution is -2.31. The molecule has 27 heavy (non-hydrogen) atoms. The number of hydrogen-bond acceptors (Lipinski definition) is 4. The first-order valence-corrected chi connectivity index (χ1v) is 9.64. The van der Waals surface area contributed by atoms with Crippen molar-refractivity contribution in [1.29, 1.82) is 0 Å². The summed E-state index contributed by atoms with van der Waals surface area (Å²) >= 11 is 8.57. The lowest BCUT2D eigenvalue weighted by molar-refractivity contribution is 0.267. The molecule has 0 saturated heterocycles. The predicted molar refractivity (Wildman–Crippen MR) is 113 cm³/mol. The highest BCUT2D eigenvalue weighted by Crippen LogP contribution is 2.37. The fraction of sp³-hybridized carbons (Fsp3) is 0.263. The molecule has 0 aliphatic rings. The van der Waals surface area contributed by atoms with Gasteiger partial charge in [-0.3, -0.25) is 5.43 Å². The van der Waals surface area contributed by atoms with Gasteiger partial charge in [-0.15, -0.1) is 0 Å². The van der Waals surface area contributed by atoms with Crippen molar-refractivity contribution in [2.24, 2.45) is 5.10 Å². The number of rotatable bonds is 8. The molecule has 0 saturated carbocycles. The average Bonchev–Trinajstić information content (AvgIpc) is 2.63. The van der Waals surface area contributed by atoms with Gasteiger partial charge in [0.2, 0.25) is 0 Å². The molecule has 0 fully saturated rings. The SMILES string of the molecule is CCNC(=S)N/N=C\c1cc(Br)c(OCc2ccc(F)cc2)c(OCC)c1. The van der Waals surface area contributed by atoms with Crippen LogP contribution in [0.2, 0.25) is 0 Å². The lowest BCUT2D eigenvalue weighted by Gasteiger charge is -2.14. The third-order valence-corrected chi connectivity index (χ3v) is 4.17. The van der Waals surface area contributed by atoms with E-state index in [4.69, 9.17) is 21.7 Å². The third kappa shape index (κ3) is 6.80.